The number of hydrogen-bond donors (Lipinski definition) is 2. The Labute approximate surface area is 161 Å². The van der Waals surface area contributed by atoms with Crippen LogP contribution >= 0.6 is 22.6 Å². The molecule has 1 fully saturated rings. The van der Waals surface area contributed by atoms with Gasteiger partial charge in [0.25, 0.3) is 11.6 Å². The fraction of sp³-hybridized carbons (Fsp3) is 0.0588. The lowest BCUT2D eigenvalue weighted by Crippen LogP contribution is -2.22. The SMILES string of the molecule is O=C1NC(=O)/C(=C\c2ccc(OCc3ccc([N+](=O)[O-])cc3)c(I)c2)N1. The number of nitrogens with one attached hydrogen (secondary N) is 2. The molecule has 0 aliphatic carbocycles. The summed E-state index contributed by atoms with van der Waals surface area (Å²) in [7, 11) is 0. The summed E-state index contributed by atoms with van der Waals surface area (Å²) in [6, 6.07) is 10.9. The first kappa shape index (κ1) is 17.9. The molecule has 0 saturated carbocycles. The van der Waals surface area contributed by atoms with E-state index in [1.165, 1.54) is 12.1 Å². The van der Waals surface area contributed by atoms with Gasteiger partial charge in [0, 0.05) is 12.1 Å². The number of nitro benzene ring substituents is 1. The molecule has 9 heteroatoms. The van der Waals surface area contributed by atoms with Crippen molar-refractivity contribution in [2.75, 3.05) is 0 Å². The number of imide groups is 1. The zero-order chi connectivity index (χ0) is 18.7. The number of urea groups is 1. The predicted molar refractivity (Wildman–Crippen MR) is 101 cm³/mol. The molecule has 1 aliphatic rings. The number of amides is 3. The highest BCUT2D eigenvalue weighted by Gasteiger charge is 2.22. The summed E-state index contributed by atoms with van der Waals surface area (Å²) in [6.07, 6.45) is 1.57. The molecular weight excluding hydrogens is 453 g/mol. The molecule has 3 rings (SSSR count). The Morgan fingerprint density at radius 2 is 1.85 bits per heavy atom. The molecule has 8 nitrogen and oxygen atoms in total. The Morgan fingerprint density at radius 3 is 2.42 bits per heavy atom. The van der Waals surface area contributed by atoms with E-state index in [4.69, 9.17) is 4.74 Å². The quantitative estimate of drug-likeness (QED) is 0.232. The lowest BCUT2D eigenvalue weighted by molar-refractivity contribution is -0.384. The van der Waals surface area contributed by atoms with Crippen LogP contribution in [0.5, 0.6) is 5.75 Å². The number of halogens is 1. The fourth-order valence-corrected chi connectivity index (χ4v) is 2.94. The second kappa shape index (κ2) is 7.52. The van der Waals surface area contributed by atoms with Gasteiger partial charge >= 0.3 is 6.03 Å². The molecule has 1 aliphatic heterocycles. The molecule has 0 radical (unpaired) electrons. The zero-order valence-corrected chi connectivity index (χ0v) is 15.3. The maximum absolute atomic E-state index is 11.5. The van der Waals surface area contributed by atoms with Crippen LogP contribution in [0.25, 0.3) is 6.08 Å². The van der Waals surface area contributed by atoms with Gasteiger partial charge in [-0.2, -0.15) is 0 Å². The van der Waals surface area contributed by atoms with Crippen molar-refractivity contribution < 1.29 is 19.2 Å². The van der Waals surface area contributed by atoms with Gasteiger partial charge in [-0.25, -0.2) is 4.79 Å². The van der Waals surface area contributed by atoms with Crippen molar-refractivity contribution in [3.05, 3.63) is 73.0 Å². The molecule has 3 amide bonds. The summed E-state index contributed by atoms with van der Waals surface area (Å²) in [5.41, 5.74) is 1.77. The maximum atomic E-state index is 11.5. The third-order valence-corrected chi connectivity index (χ3v) is 4.37. The summed E-state index contributed by atoms with van der Waals surface area (Å²) < 4.78 is 6.56. The van der Waals surface area contributed by atoms with E-state index in [0.717, 1.165) is 14.7 Å². The smallest absolute Gasteiger partial charge is 0.326 e. The Kier molecular flexibility index (Phi) is 5.16. The molecule has 2 N–H and O–H groups in total. The van der Waals surface area contributed by atoms with Gasteiger partial charge < -0.3 is 10.1 Å². The average molecular weight is 465 g/mol. The molecule has 26 heavy (non-hydrogen) atoms. The van der Waals surface area contributed by atoms with E-state index < -0.39 is 16.9 Å². The molecule has 0 unspecified atom stereocenters. The second-order valence-electron chi connectivity index (χ2n) is 5.37. The van der Waals surface area contributed by atoms with Crippen LogP contribution in [0.4, 0.5) is 10.5 Å². The van der Waals surface area contributed by atoms with E-state index in [1.807, 2.05) is 6.07 Å². The summed E-state index contributed by atoms with van der Waals surface area (Å²) in [6.45, 7) is 0.271. The molecule has 1 saturated heterocycles. The first-order chi connectivity index (χ1) is 12.4. The molecule has 132 valence electrons. The Hall–Kier alpha value is -2.95. The number of carbonyl (C=O) groups is 2. The van der Waals surface area contributed by atoms with E-state index in [2.05, 4.69) is 33.2 Å². The van der Waals surface area contributed by atoms with Gasteiger partial charge in [-0.3, -0.25) is 20.2 Å². The average Bonchev–Trinajstić information content (AvgIpc) is 2.91. The lowest BCUT2D eigenvalue weighted by Gasteiger charge is -2.09. The number of carbonyl (C=O) groups excluding carboxylic acids is 2. The minimum absolute atomic E-state index is 0.0313. The predicted octanol–water partition coefficient (Wildman–Crippen LogP) is 2.96. The third kappa shape index (κ3) is 4.17. The van der Waals surface area contributed by atoms with Gasteiger partial charge in [0.1, 0.15) is 18.1 Å². The van der Waals surface area contributed by atoms with Gasteiger partial charge in [-0.1, -0.05) is 6.07 Å². The molecule has 2 aromatic carbocycles. The van der Waals surface area contributed by atoms with E-state index >= 15 is 0 Å². The molecular formula is C17H12IN3O5. The molecule has 2 aromatic rings. The molecule has 0 bridgehead atoms. The van der Waals surface area contributed by atoms with Crippen molar-refractivity contribution in [1.29, 1.82) is 0 Å². The Balaban J connectivity index is 1.68. The van der Waals surface area contributed by atoms with Crippen LogP contribution in [0.15, 0.2) is 48.2 Å². The maximum Gasteiger partial charge on any atom is 0.326 e. The van der Waals surface area contributed by atoms with Gasteiger partial charge in [-0.15, -0.1) is 0 Å². The fourth-order valence-electron chi connectivity index (χ4n) is 2.25. The molecule has 0 atom stereocenters. The normalized spacial score (nSPS) is 14.9. The van der Waals surface area contributed by atoms with Crippen LogP contribution in [0, 0.1) is 13.7 Å². The minimum atomic E-state index is -0.543. The summed E-state index contributed by atoms with van der Waals surface area (Å²) in [5, 5.41) is 15.2. The van der Waals surface area contributed by atoms with Crippen LogP contribution in [0.1, 0.15) is 11.1 Å². The van der Waals surface area contributed by atoms with Crippen LogP contribution < -0.4 is 15.4 Å². The van der Waals surface area contributed by atoms with Gasteiger partial charge in [0.15, 0.2) is 0 Å². The Morgan fingerprint density at radius 1 is 1.12 bits per heavy atom. The van der Waals surface area contributed by atoms with Gasteiger partial charge in [0.2, 0.25) is 0 Å². The number of benzene rings is 2. The number of rotatable bonds is 5. The van der Waals surface area contributed by atoms with E-state index in [9.17, 15) is 19.7 Å². The van der Waals surface area contributed by atoms with Crippen molar-refractivity contribution >= 4 is 46.3 Å². The molecule has 0 aromatic heterocycles. The van der Waals surface area contributed by atoms with Gasteiger partial charge in [-0.05, 0) is 64.1 Å². The van der Waals surface area contributed by atoms with E-state index in [-0.39, 0.29) is 18.0 Å². The van der Waals surface area contributed by atoms with E-state index in [1.54, 1.807) is 30.3 Å². The molecule has 1 heterocycles. The number of nitrogens with zero attached hydrogens (tertiary/aromatic N) is 1. The topological polar surface area (TPSA) is 111 Å². The zero-order valence-electron chi connectivity index (χ0n) is 13.2. The van der Waals surface area contributed by atoms with Crippen molar-refractivity contribution in [3.63, 3.8) is 0 Å². The van der Waals surface area contributed by atoms with Crippen molar-refractivity contribution in [2.24, 2.45) is 0 Å². The largest absolute Gasteiger partial charge is 0.488 e. The summed E-state index contributed by atoms with van der Waals surface area (Å²) >= 11 is 2.11. The standard InChI is InChI=1S/C17H12IN3O5/c18-13-7-11(8-14-16(22)20-17(23)19-14)3-6-15(13)26-9-10-1-4-12(5-2-10)21(24)25/h1-8H,9H2,(H2,19,20,22,23)/b14-8+. The number of nitro groups is 1. The van der Waals surface area contributed by atoms with Crippen LogP contribution in [0.2, 0.25) is 0 Å². The first-order valence-corrected chi connectivity index (χ1v) is 8.50. The number of non-ortho nitro benzene ring substituents is 1. The summed E-state index contributed by atoms with van der Waals surface area (Å²) in [4.78, 5) is 32.8. The summed E-state index contributed by atoms with van der Waals surface area (Å²) in [5.74, 6) is 0.175. The monoisotopic (exact) mass is 465 g/mol. The van der Waals surface area contributed by atoms with Gasteiger partial charge in [0.05, 0.1) is 8.49 Å². The van der Waals surface area contributed by atoms with Crippen molar-refractivity contribution in [3.8, 4) is 5.75 Å². The number of ether oxygens (including phenoxy) is 1. The Bertz CT molecular complexity index is 924. The highest BCUT2D eigenvalue weighted by molar-refractivity contribution is 14.1. The van der Waals surface area contributed by atoms with Crippen molar-refractivity contribution in [1.82, 2.24) is 10.6 Å². The van der Waals surface area contributed by atoms with Crippen LogP contribution in [-0.2, 0) is 11.4 Å². The molecule has 0 spiro atoms. The van der Waals surface area contributed by atoms with Crippen LogP contribution in [0.3, 0.4) is 0 Å². The minimum Gasteiger partial charge on any atom is -0.488 e. The van der Waals surface area contributed by atoms with Crippen LogP contribution in [-0.4, -0.2) is 16.9 Å². The van der Waals surface area contributed by atoms with E-state index in [0.29, 0.717) is 5.75 Å². The first-order valence-electron chi connectivity index (χ1n) is 7.42. The third-order valence-electron chi connectivity index (χ3n) is 3.53. The van der Waals surface area contributed by atoms with Crippen molar-refractivity contribution in [2.45, 2.75) is 6.61 Å². The highest BCUT2D eigenvalue weighted by Crippen LogP contribution is 2.24. The highest BCUT2D eigenvalue weighted by atomic mass is 127. The number of hydrogen-bond acceptors (Lipinski definition) is 5. The lowest BCUT2D eigenvalue weighted by atomic mass is 10.2. The second-order valence-corrected chi connectivity index (χ2v) is 6.53.